The number of hydrogen-bond acceptors (Lipinski definition) is 3. The number of pyridine rings is 1. The molecule has 0 aliphatic heterocycles. The molecule has 1 heterocycles. The van der Waals surface area contributed by atoms with Crippen molar-refractivity contribution in [3.8, 4) is 0 Å². The third-order valence-corrected chi connectivity index (χ3v) is 4.86. The molecule has 0 bridgehead atoms. The van der Waals surface area contributed by atoms with E-state index in [0.29, 0.717) is 12.5 Å². The Bertz CT molecular complexity index is 841. The standard InChI is InChI=1S/C20H23N3O3/c1-2-23-12-11-17(24)16(13-23)21-19(25)20(26)22-18(15-9-6-10-15)14-7-4-3-5-8-14/h3-5,7-8,11-13,15,18H,2,6,9-10H2,1H3,(H,21,25)(H,22,26). The molecule has 2 N–H and O–H groups in total. The van der Waals surface area contributed by atoms with E-state index in [4.69, 9.17) is 0 Å². The van der Waals surface area contributed by atoms with E-state index in [1.165, 1.54) is 12.3 Å². The van der Waals surface area contributed by atoms with Gasteiger partial charge in [-0.05, 0) is 31.2 Å². The highest BCUT2D eigenvalue weighted by Crippen LogP contribution is 2.37. The average molecular weight is 353 g/mol. The lowest BCUT2D eigenvalue weighted by Gasteiger charge is -2.34. The van der Waals surface area contributed by atoms with Crippen molar-refractivity contribution in [2.75, 3.05) is 5.32 Å². The van der Waals surface area contributed by atoms with Crippen LogP contribution in [0.3, 0.4) is 0 Å². The van der Waals surface area contributed by atoms with Crippen molar-refractivity contribution in [1.29, 1.82) is 0 Å². The molecule has 1 unspecified atom stereocenters. The van der Waals surface area contributed by atoms with E-state index in [1.807, 2.05) is 37.3 Å². The number of aromatic nitrogens is 1. The van der Waals surface area contributed by atoms with E-state index < -0.39 is 11.8 Å². The zero-order valence-corrected chi connectivity index (χ0v) is 14.8. The van der Waals surface area contributed by atoms with E-state index in [0.717, 1.165) is 24.8 Å². The molecule has 1 aromatic carbocycles. The Hall–Kier alpha value is -2.89. The van der Waals surface area contributed by atoms with Gasteiger partial charge in [-0.25, -0.2) is 0 Å². The average Bonchev–Trinajstić information content (AvgIpc) is 2.62. The molecule has 1 atom stereocenters. The minimum Gasteiger partial charge on any atom is -0.352 e. The fourth-order valence-electron chi connectivity index (χ4n) is 3.11. The summed E-state index contributed by atoms with van der Waals surface area (Å²) >= 11 is 0. The summed E-state index contributed by atoms with van der Waals surface area (Å²) in [5, 5.41) is 5.28. The molecule has 2 amide bonds. The van der Waals surface area contributed by atoms with Crippen molar-refractivity contribution in [3.05, 3.63) is 64.6 Å². The van der Waals surface area contributed by atoms with Gasteiger partial charge in [0.1, 0.15) is 5.69 Å². The second kappa shape index (κ2) is 7.99. The van der Waals surface area contributed by atoms with Gasteiger partial charge in [0.25, 0.3) is 0 Å². The summed E-state index contributed by atoms with van der Waals surface area (Å²) < 4.78 is 1.76. The van der Waals surface area contributed by atoms with Gasteiger partial charge in [0.2, 0.25) is 5.43 Å². The van der Waals surface area contributed by atoms with Crippen molar-refractivity contribution in [2.24, 2.45) is 5.92 Å². The highest BCUT2D eigenvalue weighted by atomic mass is 16.2. The van der Waals surface area contributed by atoms with Crippen molar-refractivity contribution in [2.45, 2.75) is 38.8 Å². The van der Waals surface area contributed by atoms with Gasteiger partial charge in [0.15, 0.2) is 0 Å². The number of hydrogen-bond donors (Lipinski definition) is 2. The minimum absolute atomic E-state index is 0.106. The maximum Gasteiger partial charge on any atom is 0.313 e. The smallest absolute Gasteiger partial charge is 0.313 e. The normalized spacial score (nSPS) is 15.0. The largest absolute Gasteiger partial charge is 0.352 e. The molecular formula is C20H23N3O3. The summed E-state index contributed by atoms with van der Waals surface area (Å²) in [7, 11) is 0. The number of nitrogens with one attached hydrogen (secondary N) is 2. The fourth-order valence-corrected chi connectivity index (χ4v) is 3.11. The summed E-state index contributed by atoms with van der Waals surface area (Å²) in [5.74, 6) is -1.21. The maximum atomic E-state index is 12.4. The van der Waals surface area contributed by atoms with E-state index in [2.05, 4.69) is 10.6 Å². The number of aryl methyl sites for hydroxylation is 1. The number of benzene rings is 1. The molecule has 0 saturated heterocycles. The zero-order valence-electron chi connectivity index (χ0n) is 14.8. The maximum absolute atomic E-state index is 12.4. The third kappa shape index (κ3) is 4.02. The first-order valence-corrected chi connectivity index (χ1v) is 8.95. The molecule has 0 radical (unpaired) electrons. The highest BCUT2D eigenvalue weighted by Gasteiger charge is 2.31. The summed E-state index contributed by atoms with van der Waals surface area (Å²) in [6.07, 6.45) is 6.37. The topological polar surface area (TPSA) is 80.2 Å². The highest BCUT2D eigenvalue weighted by molar-refractivity contribution is 6.39. The Kier molecular flexibility index (Phi) is 5.51. The molecule has 1 aliphatic rings. The minimum atomic E-state index is -0.823. The molecule has 3 rings (SSSR count). The van der Waals surface area contributed by atoms with Crippen LogP contribution >= 0.6 is 0 Å². The fraction of sp³-hybridized carbons (Fsp3) is 0.350. The molecule has 26 heavy (non-hydrogen) atoms. The molecule has 0 spiro atoms. The van der Waals surface area contributed by atoms with Crippen LogP contribution in [0.4, 0.5) is 5.69 Å². The monoisotopic (exact) mass is 353 g/mol. The van der Waals surface area contributed by atoms with Gasteiger partial charge in [-0.3, -0.25) is 14.4 Å². The van der Waals surface area contributed by atoms with Gasteiger partial charge in [-0.15, -0.1) is 0 Å². The van der Waals surface area contributed by atoms with Gasteiger partial charge >= 0.3 is 11.8 Å². The molecule has 1 fully saturated rings. The SMILES string of the molecule is CCn1ccc(=O)c(NC(=O)C(=O)NC(c2ccccc2)C2CCC2)c1. The first-order chi connectivity index (χ1) is 12.6. The lowest BCUT2D eigenvalue weighted by Crippen LogP contribution is -2.42. The molecule has 6 heteroatoms. The van der Waals surface area contributed by atoms with Crippen molar-refractivity contribution < 1.29 is 9.59 Å². The van der Waals surface area contributed by atoms with Crippen LogP contribution in [0.15, 0.2) is 53.6 Å². The van der Waals surface area contributed by atoms with Crippen molar-refractivity contribution in [1.82, 2.24) is 9.88 Å². The zero-order chi connectivity index (χ0) is 18.5. The molecular weight excluding hydrogens is 330 g/mol. The van der Waals surface area contributed by atoms with Crippen molar-refractivity contribution >= 4 is 17.5 Å². The predicted molar refractivity (Wildman–Crippen MR) is 99.7 cm³/mol. The van der Waals surface area contributed by atoms with E-state index in [-0.39, 0.29) is 17.2 Å². The van der Waals surface area contributed by atoms with Crippen LogP contribution in [0.25, 0.3) is 0 Å². The Balaban J connectivity index is 1.71. The Morgan fingerprint density at radius 1 is 1.15 bits per heavy atom. The Labute approximate surface area is 152 Å². The van der Waals surface area contributed by atoms with Crippen LogP contribution in [0.2, 0.25) is 0 Å². The second-order valence-corrected chi connectivity index (χ2v) is 6.56. The molecule has 1 saturated carbocycles. The van der Waals surface area contributed by atoms with Crippen LogP contribution in [0.1, 0.15) is 37.8 Å². The summed E-state index contributed by atoms with van der Waals surface area (Å²) in [5.41, 5.74) is 0.773. The number of carbonyl (C=O) groups excluding carboxylic acids is 2. The number of carbonyl (C=O) groups is 2. The lowest BCUT2D eigenvalue weighted by atomic mass is 9.77. The number of anilines is 1. The Morgan fingerprint density at radius 3 is 2.50 bits per heavy atom. The first kappa shape index (κ1) is 17.9. The van der Waals surface area contributed by atoms with E-state index in [9.17, 15) is 14.4 Å². The third-order valence-electron chi connectivity index (χ3n) is 4.86. The quantitative estimate of drug-likeness (QED) is 0.811. The van der Waals surface area contributed by atoms with Gasteiger partial charge in [0, 0.05) is 25.0 Å². The van der Waals surface area contributed by atoms with E-state index in [1.54, 1.807) is 10.8 Å². The second-order valence-electron chi connectivity index (χ2n) is 6.56. The number of amides is 2. The van der Waals surface area contributed by atoms with Crippen LogP contribution in [0.5, 0.6) is 0 Å². The van der Waals surface area contributed by atoms with Gasteiger partial charge < -0.3 is 15.2 Å². The van der Waals surface area contributed by atoms with Gasteiger partial charge in [-0.1, -0.05) is 36.8 Å². The van der Waals surface area contributed by atoms with Crippen LogP contribution in [0, 0.1) is 5.92 Å². The van der Waals surface area contributed by atoms with Gasteiger partial charge in [0.05, 0.1) is 6.04 Å². The van der Waals surface area contributed by atoms with E-state index >= 15 is 0 Å². The summed E-state index contributed by atoms with van der Waals surface area (Å²) in [6.45, 7) is 2.58. The first-order valence-electron chi connectivity index (χ1n) is 8.95. The summed E-state index contributed by atoms with van der Waals surface area (Å²) in [6, 6.07) is 10.9. The van der Waals surface area contributed by atoms with Crippen molar-refractivity contribution in [3.63, 3.8) is 0 Å². The molecule has 6 nitrogen and oxygen atoms in total. The molecule has 1 aliphatic carbocycles. The summed E-state index contributed by atoms with van der Waals surface area (Å²) in [4.78, 5) is 36.6. The molecule has 2 aromatic rings. The van der Waals surface area contributed by atoms with Crippen LogP contribution in [-0.4, -0.2) is 16.4 Å². The van der Waals surface area contributed by atoms with Gasteiger partial charge in [-0.2, -0.15) is 0 Å². The Morgan fingerprint density at radius 2 is 1.88 bits per heavy atom. The number of rotatable bonds is 5. The van der Waals surface area contributed by atoms with Crippen LogP contribution < -0.4 is 16.1 Å². The molecule has 136 valence electrons. The number of nitrogens with zero attached hydrogens (tertiary/aromatic N) is 1. The molecule has 1 aromatic heterocycles. The lowest BCUT2D eigenvalue weighted by molar-refractivity contribution is -0.137. The van der Waals surface area contributed by atoms with Crippen LogP contribution in [-0.2, 0) is 16.1 Å². The predicted octanol–water partition coefficient (Wildman–Crippen LogP) is 2.46.